The van der Waals surface area contributed by atoms with Gasteiger partial charge in [-0.15, -0.1) is 0 Å². The molecule has 0 saturated heterocycles. The average molecular weight is 211 g/mol. The van der Waals surface area contributed by atoms with Gasteiger partial charge in [0.1, 0.15) is 5.76 Å². The Morgan fingerprint density at radius 1 is 1.40 bits per heavy atom. The number of aliphatic hydroxyl groups excluding tert-OH is 1. The van der Waals surface area contributed by atoms with Crippen LogP contribution < -0.4 is 5.32 Å². The summed E-state index contributed by atoms with van der Waals surface area (Å²) in [5, 5.41) is 12.4. The molecule has 2 rings (SSSR count). The van der Waals surface area contributed by atoms with Gasteiger partial charge in [0.25, 0.3) is 5.92 Å². The van der Waals surface area contributed by atoms with Crippen LogP contribution in [0.25, 0.3) is 5.76 Å². The molecule has 2 nitrogen and oxygen atoms in total. The molecule has 0 bridgehead atoms. The van der Waals surface area contributed by atoms with Crippen LogP contribution in [0.3, 0.4) is 0 Å². The van der Waals surface area contributed by atoms with Crippen LogP contribution in [0.5, 0.6) is 0 Å². The maximum atomic E-state index is 13.2. The molecule has 0 aliphatic carbocycles. The fourth-order valence-electron chi connectivity index (χ4n) is 1.68. The first-order chi connectivity index (χ1) is 7.00. The van der Waals surface area contributed by atoms with Crippen LogP contribution >= 0.6 is 0 Å². The third kappa shape index (κ3) is 1.67. The quantitative estimate of drug-likeness (QED) is 0.748. The Kier molecular flexibility index (Phi) is 2.14. The van der Waals surface area contributed by atoms with E-state index in [0.717, 1.165) is 6.92 Å². The Labute approximate surface area is 86.2 Å². The first-order valence-electron chi connectivity index (χ1n) is 4.65. The van der Waals surface area contributed by atoms with Gasteiger partial charge in [-0.25, -0.2) is 8.78 Å². The van der Waals surface area contributed by atoms with Gasteiger partial charge in [-0.2, -0.15) is 0 Å². The van der Waals surface area contributed by atoms with E-state index in [1.807, 2.05) is 0 Å². The number of alkyl halides is 2. The Balaban J connectivity index is 2.61. The van der Waals surface area contributed by atoms with Gasteiger partial charge in [-0.3, -0.25) is 0 Å². The minimum atomic E-state index is -2.91. The summed E-state index contributed by atoms with van der Waals surface area (Å²) in [4.78, 5) is 0. The van der Waals surface area contributed by atoms with E-state index in [2.05, 4.69) is 5.32 Å². The number of rotatable bonds is 1. The SMILES string of the molecule is CC(F)(F)c1cccc2c1NCC=C2O. The average Bonchev–Trinajstić information content (AvgIpc) is 2.16. The van der Waals surface area contributed by atoms with Crippen molar-refractivity contribution in [2.75, 3.05) is 11.9 Å². The van der Waals surface area contributed by atoms with E-state index in [1.54, 1.807) is 12.1 Å². The second kappa shape index (κ2) is 3.22. The summed E-state index contributed by atoms with van der Waals surface area (Å²) in [5.41, 5.74) is 0.671. The lowest BCUT2D eigenvalue weighted by atomic mass is 9.99. The second-order valence-electron chi connectivity index (χ2n) is 3.59. The lowest BCUT2D eigenvalue weighted by Crippen LogP contribution is -2.16. The molecule has 0 saturated carbocycles. The molecule has 1 aliphatic heterocycles. The molecule has 0 atom stereocenters. The number of fused-ring (bicyclic) bond motifs is 1. The summed E-state index contributed by atoms with van der Waals surface area (Å²) < 4.78 is 26.5. The van der Waals surface area contributed by atoms with Crippen molar-refractivity contribution in [1.29, 1.82) is 0 Å². The molecule has 2 N–H and O–H groups in total. The molecule has 0 fully saturated rings. The third-order valence-corrected chi connectivity index (χ3v) is 2.39. The van der Waals surface area contributed by atoms with Crippen molar-refractivity contribution in [3.63, 3.8) is 0 Å². The van der Waals surface area contributed by atoms with Gasteiger partial charge in [-0.1, -0.05) is 12.1 Å². The van der Waals surface area contributed by atoms with Gasteiger partial charge < -0.3 is 10.4 Å². The predicted octanol–water partition coefficient (Wildman–Crippen LogP) is 3.12. The number of nitrogens with one attached hydrogen (secondary N) is 1. The molecule has 1 heterocycles. The first kappa shape index (κ1) is 9.96. The van der Waals surface area contributed by atoms with E-state index in [-0.39, 0.29) is 11.3 Å². The number of hydrogen-bond acceptors (Lipinski definition) is 2. The molecule has 0 amide bonds. The molecule has 80 valence electrons. The summed E-state index contributed by atoms with van der Waals surface area (Å²) in [6, 6.07) is 4.50. The number of hydrogen-bond donors (Lipinski definition) is 2. The largest absolute Gasteiger partial charge is 0.508 e. The molecular weight excluding hydrogens is 200 g/mol. The van der Waals surface area contributed by atoms with Gasteiger partial charge >= 0.3 is 0 Å². The number of aliphatic hydroxyl groups is 1. The van der Waals surface area contributed by atoms with Crippen LogP contribution in [0.15, 0.2) is 24.3 Å². The van der Waals surface area contributed by atoms with E-state index in [4.69, 9.17) is 0 Å². The third-order valence-electron chi connectivity index (χ3n) is 2.39. The fourth-order valence-corrected chi connectivity index (χ4v) is 1.68. The fraction of sp³-hybridized carbons (Fsp3) is 0.273. The number of para-hydroxylation sites is 1. The summed E-state index contributed by atoms with van der Waals surface area (Å²) in [5.74, 6) is -2.86. The van der Waals surface area contributed by atoms with E-state index in [9.17, 15) is 13.9 Å². The van der Waals surface area contributed by atoms with Crippen molar-refractivity contribution < 1.29 is 13.9 Å². The van der Waals surface area contributed by atoms with Crippen LogP contribution in [0.2, 0.25) is 0 Å². The molecule has 0 aromatic heterocycles. The minimum absolute atomic E-state index is 0.0508. The van der Waals surface area contributed by atoms with Crippen molar-refractivity contribution in [2.45, 2.75) is 12.8 Å². The molecule has 4 heteroatoms. The molecule has 1 aromatic rings. The minimum Gasteiger partial charge on any atom is -0.508 e. The van der Waals surface area contributed by atoms with Crippen LogP contribution in [0.4, 0.5) is 14.5 Å². The number of halogens is 2. The summed E-state index contributed by atoms with van der Waals surface area (Å²) in [6.45, 7) is 1.21. The van der Waals surface area contributed by atoms with Crippen molar-refractivity contribution in [2.24, 2.45) is 0 Å². The van der Waals surface area contributed by atoms with Crippen molar-refractivity contribution in [1.82, 2.24) is 0 Å². The molecule has 15 heavy (non-hydrogen) atoms. The lowest BCUT2D eigenvalue weighted by Gasteiger charge is -2.22. The number of benzene rings is 1. The Hall–Kier alpha value is -1.58. The van der Waals surface area contributed by atoms with E-state index < -0.39 is 5.92 Å². The number of anilines is 1. The van der Waals surface area contributed by atoms with Crippen LogP contribution in [0.1, 0.15) is 18.1 Å². The maximum absolute atomic E-state index is 13.2. The van der Waals surface area contributed by atoms with Crippen molar-refractivity contribution in [3.8, 4) is 0 Å². The Morgan fingerprint density at radius 3 is 2.80 bits per heavy atom. The van der Waals surface area contributed by atoms with Gasteiger partial charge in [0, 0.05) is 24.6 Å². The highest BCUT2D eigenvalue weighted by Gasteiger charge is 2.30. The molecule has 1 aromatic carbocycles. The highest BCUT2D eigenvalue weighted by molar-refractivity contribution is 5.77. The smallest absolute Gasteiger partial charge is 0.272 e. The zero-order valence-electron chi connectivity index (χ0n) is 8.22. The Bertz CT molecular complexity index is 421. The van der Waals surface area contributed by atoms with Crippen LogP contribution in [0, 0.1) is 0 Å². The Morgan fingerprint density at radius 2 is 2.13 bits per heavy atom. The van der Waals surface area contributed by atoms with Crippen molar-refractivity contribution >= 4 is 11.4 Å². The standard InChI is InChI=1S/C11H11F2NO/c1-11(12,13)8-4-2-3-7-9(15)5-6-14-10(7)8/h2-5,14-15H,6H2,1H3. The normalized spacial score (nSPS) is 15.3. The van der Waals surface area contributed by atoms with Crippen LogP contribution in [-0.4, -0.2) is 11.7 Å². The first-order valence-corrected chi connectivity index (χ1v) is 4.65. The monoisotopic (exact) mass is 211 g/mol. The summed E-state index contributed by atoms with van der Waals surface area (Å²) >= 11 is 0. The van der Waals surface area contributed by atoms with Gasteiger partial charge in [0.15, 0.2) is 0 Å². The summed E-state index contributed by atoms with van der Waals surface area (Å²) in [6.07, 6.45) is 1.56. The zero-order valence-corrected chi connectivity index (χ0v) is 8.22. The van der Waals surface area contributed by atoms with Crippen molar-refractivity contribution in [3.05, 3.63) is 35.4 Å². The zero-order chi connectivity index (χ0) is 11.1. The van der Waals surface area contributed by atoms with Gasteiger partial charge in [-0.05, 0) is 12.1 Å². The molecular formula is C11H11F2NO. The predicted molar refractivity (Wildman–Crippen MR) is 55.1 cm³/mol. The highest BCUT2D eigenvalue weighted by atomic mass is 19.3. The van der Waals surface area contributed by atoms with Gasteiger partial charge in [0.05, 0.1) is 5.69 Å². The highest BCUT2D eigenvalue weighted by Crippen LogP contribution is 2.38. The second-order valence-corrected chi connectivity index (χ2v) is 3.59. The maximum Gasteiger partial charge on any atom is 0.272 e. The lowest BCUT2D eigenvalue weighted by molar-refractivity contribution is 0.0182. The molecule has 0 unspecified atom stereocenters. The van der Waals surface area contributed by atoms with Crippen LogP contribution in [-0.2, 0) is 5.92 Å². The van der Waals surface area contributed by atoms with E-state index >= 15 is 0 Å². The van der Waals surface area contributed by atoms with E-state index in [0.29, 0.717) is 17.8 Å². The van der Waals surface area contributed by atoms with E-state index in [1.165, 1.54) is 12.1 Å². The topological polar surface area (TPSA) is 32.3 Å². The molecule has 1 aliphatic rings. The van der Waals surface area contributed by atoms with Gasteiger partial charge in [0.2, 0.25) is 0 Å². The summed E-state index contributed by atoms with van der Waals surface area (Å²) in [7, 11) is 0. The molecule has 0 spiro atoms. The molecule has 0 radical (unpaired) electrons.